The summed E-state index contributed by atoms with van der Waals surface area (Å²) in [6.45, 7) is 2.27. The van der Waals surface area contributed by atoms with E-state index in [4.69, 9.17) is 0 Å². The first kappa shape index (κ1) is 21.9. The van der Waals surface area contributed by atoms with E-state index < -0.39 is 5.60 Å². The van der Waals surface area contributed by atoms with Crippen molar-refractivity contribution in [2.45, 2.75) is 18.9 Å². The minimum Gasteiger partial charge on any atom is -0.379 e. The Kier molecular flexibility index (Phi) is 7.19. The normalized spacial score (nSPS) is 13.5. The highest BCUT2D eigenvalue weighted by Crippen LogP contribution is 2.41. The van der Waals surface area contributed by atoms with Crippen LogP contribution in [0.3, 0.4) is 0 Å². The van der Waals surface area contributed by atoms with Crippen molar-refractivity contribution >= 4 is 39.4 Å². The van der Waals surface area contributed by atoms with Gasteiger partial charge in [-0.1, -0.05) is 82.7 Å². The molecule has 0 aromatic heterocycles. The summed E-state index contributed by atoms with van der Waals surface area (Å²) in [4.78, 5) is 18.0. The lowest BCUT2D eigenvalue weighted by Gasteiger charge is -2.34. The van der Waals surface area contributed by atoms with Gasteiger partial charge in [-0.3, -0.25) is 4.79 Å². The van der Waals surface area contributed by atoms with Gasteiger partial charge >= 0.3 is 0 Å². The molecular weight excluding hydrogens is 440 g/mol. The number of para-hydroxylation sites is 2. The number of anilines is 1. The van der Waals surface area contributed by atoms with Gasteiger partial charge in [0.1, 0.15) is 5.60 Å². The molecule has 1 aliphatic heterocycles. The van der Waals surface area contributed by atoms with E-state index in [9.17, 15) is 9.90 Å². The standard InChI is InChI=1S/C24H22N2O2.CH3Br/c1-24(28,23-19-11-5-7-13-21(19)25-23)20-12-6-8-14-22(20)26(17-27)16-15-18-9-3-2-4-10-18;1-2/h2-14,17,28H,15-16H2,1H3;1H3. The molecule has 1 N–H and O–H groups in total. The van der Waals surface area contributed by atoms with Gasteiger partial charge < -0.3 is 10.0 Å². The van der Waals surface area contributed by atoms with Crippen molar-refractivity contribution in [2.75, 3.05) is 17.3 Å². The van der Waals surface area contributed by atoms with Crippen LogP contribution < -0.4 is 4.90 Å². The average molecular weight is 465 g/mol. The number of rotatable bonds is 7. The molecule has 4 rings (SSSR count). The molecule has 1 unspecified atom stereocenters. The molecule has 1 aliphatic rings. The molecule has 0 spiro atoms. The SMILES string of the molecule is CBr.CC(O)(C1=Nc2ccccc21)c1ccccc1N(C=O)CCc1ccccc1. The molecule has 1 amide bonds. The van der Waals surface area contributed by atoms with E-state index in [-0.39, 0.29) is 0 Å². The smallest absolute Gasteiger partial charge is 0.214 e. The van der Waals surface area contributed by atoms with E-state index in [1.54, 1.807) is 11.8 Å². The maximum atomic E-state index is 11.9. The molecule has 1 atom stereocenters. The topological polar surface area (TPSA) is 52.9 Å². The molecule has 3 aromatic carbocycles. The second-order valence-corrected chi connectivity index (χ2v) is 7.10. The lowest BCUT2D eigenvalue weighted by molar-refractivity contribution is -0.107. The van der Waals surface area contributed by atoms with E-state index >= 15 is 0 Å². The highest BCUT2D eigenvalue weighted by atomic mass is 79.9. The molecule has 0 saturated heterocycles. The fourth-order valence-electron chi connectivity index (χ4n) is 3.66. The number of fused-ring (bicyclic) bond motifs is 1. The van der Waals surface area contributed by atoms with Crippen LogP contribution in [0.1, 0.15) is 23.6 Å². The van der Waals surface area contributed by atoms with Gasteiger partial charge in [-0.05, 0) is 36.9 Å². The first-order valence-electron chi connectivity index (χ1n) is 9.75. The van der Waals surface area contributed by atoms with Crippen LogP contribution in [-0.4, -0.2) is 29.6 Å². The van der Waals surface area contributed by atoms with Crippen molar-refractivity contribution in [1.29, 1.82) is 0 Å². The zero-order valence-corrected chi connectivity index (χ0v) is 18.7. The molecule has 5 heteroatoms. The number of carbonyl (C=O) groups excluding carboxylic acids is 1. The van der Waals surface area contributed by atoms with E-state index in [1.165, 1.54) is 0 Å². The zero-order chi connectivity index (χ0) is 21.6. The van der Waals surface area contributed by atoms with Gasteiger partial charge in [0.15, 0.2) is 0 Å². The van der Waals surface area contributed by atoms with Crippen LogP contribution in [0.15, 0.2) is 83.9 Å². The van der Waals surface area contributed by atoms with Gasteiger partial charge in [0, 0.05) is 23.4 Å². The molecule has 1 heterocycles. The van der Waals surface area contributed by atoms with Crippen LogP contribution in [-0.2, 0) is 16.8 Å². The Bertz CT molecular complexity index is 1030. The van der Waals surface area contributed by atoms with Crippen molar-refractivity contribution in [3.63, 3.8) is 0 Å². The number of nitrogens with zero attached hydrogens (tertiary/aromatic N) is 2. The first-order valence-corrected chi connectivity index (χ1v) is 11.3. The van der Waals surface area contributed by atoms with Gasteiger partial charge in [0.25, 0.3) is 0 Å². The third-order valence-electron chi connectivity index (χ3n) is 5.20. The summed E-state index contributed by atoms with van der Waals surface area (Å²) >= 11 is 2.94. The predicted molar refractivity (Wildman–Crippen MR) is 127 cm³/mol. The molecule has 154 valence electrons. The van der Waals surface area contributed by atoms with Gasteiger partial charge in [0.05, 0.1) is 11.4 Å². The Hall–Kier alpha value is -2.76. The maximum Gasteiger partial charge on any atom is 0.214 e. The quantitative estimate of drug-likeness (QED) is 0.383. The molecule has 0 fully saturated rings. The summed E-state index contributed by atoms with van der Waals surface area (Å²) in [5, 5.41) is 11.4. The summed E-state index contributed by atoms with van der Waals surface area (Å²) in [5.41, 5.74) is 3.70. The Morgan fingerprint density at radius 1 is 0.967 bits per heavy atom. The third kappa shape index (κ3) is 4.37. The van der Waals surface area contributed by atoms with Crippen LogP contribution >= 0.6 is 15.9 Å². The Morgan fingerprint density at radius 2 is 1.60 bits per heavy atom. The van der Waals surface area contributed by atoms with Crippen molar-refractivity contribution in [1.82, 2.24) is 0 Å². The number of hydrogen-bond donors (Lipinski definition) is 1. The van der Waals surface area contributed by atoms with Crippen LogP contribution in [0.2, 0.25) is 0 Å². The fraction of sp³-hybridized carbons (Fsp3) is 0.200. The van der Waals surface area contributed by atoms with Gasteiger partial charge in [-0.25, -0.2) is 4.99 Å². The number of aliphatic imine (C=N–C) groups is 1. The van der Waals surface area contributed by atoms with E-state index in [2.05, 4.69) is 20.9 Å². The number of alkyl halides is 1. The Labute approximate surface area is 186 Å². The highest BCUT2D eigenvalue weighted by Gasteiger charge is 2.38. The number of amides is 1. The van der Waals surface area contributed by atoms with Crippen molar-refractivity contribution in [2.24, 2.45) is 4.99 Å². The summed E-state index contributed by atoms with van der Waals surface area (Å²) in [6, 6.07) is 25.3. The summed E-state index contributed by atoms with van der Waals surface area (Å²) in [6.07, 6.45) is 1.56. The van der Waals surface area contributed by atoms with E-state index in [0.717, 1.165) is 29.6 Å². The summed E-state index contributed by atoms with van der Waals surface area (Å²) in [5.74, 6) is 1.81. The minimum absolute atomic E-state index is 0.531. The molecular formula is C25H25BrN2O2. The average Bonchev–Trinajstić information content (AvgIpc) is 2.77. The maximum absolute atomic E-state index is 11.9. The Balaban J connectivity index is 0.00000124. The zero-order valence-electron chi connectivity index (χ0n) is 17.1. The predicted octanol–water partition coefficient (Wildman–Crippen LogP) is 5.25. The van der Waals surface area contributed by atoms with Gasteiger partial charge in [0.2, 0.25) is 6.41 Å². The van der Waals surface area contributed by atoms with Crippen LogP contribution in [0.5, 0.6) is 0 Å². The molecule has 4 nitrogen and oxygen atoms in total. The third-order valence-corrected chi connectivity index (χ3v) is 5.20. The van der Waals surface area contributed by atoms with E-state index in [1.807, 2.05) is 84.7 Å². The Morgan fingerprint density at radius 3 is 2.30 bits per heavy atom. The number of hydrogen-bond acceptors (Lipinski definition) is 3. The molecule has 30 heavy (non-hydrogen) atoms. The number of halogens is 1. The monoisotopic (exact) mass is 464 g/mol. The number of benzene rings is 3. The van der Waals surface area contributed by atoms with Gasteiger partial charge in [-0.2, -0.15) is 0 Å². The highest BCUT2D eigenvalue weighted by molar-refractivity contribution is 9.08. The second kappa shape index (κ2) is 9.83. The molecule has 0 bridgehead atoms. The summed E-state index contributed by atoms with van der Waals surface area (Å²) in [7, 11) is 0. The molecule has 0 radical (unpaired) electrons. The molecule has 0 saturated carbocycles. The lowest BCUT2D eigenvalue weighted by atomic mass is 9.82. The largest absolute Gasteiger partial charge is 0.379 e. The summed E-state index contributed by atoms with van der Waals surface area (Å²) < 4.78 is 0. The van der Waals surface area contributed by atoms with Crippen molar-refractivity contribution in [3.05, 3.63) is 95.6 Å². The molecule has 0 aliphatic carbocycles. The van der Waals surface area contributed by atoms with E-state index in [0.29, 0.717) is 23.5 Å². The first-order chi connectivity index (χ1) is 14.6. The lowest BCUT2D eigenvalue weighted by Crippen LogP contribution is -2.38. The fourth-order valence-corrected chi connectivity index (χ4v) is 3.66. The second-order valence-electron chi connectivity index (χ2n) is 7.10. The molecule has 3 aromatic rings. The van der Waals surface area contributed by atoms with Crippen molar-refractivity contribution in [3.8, 4) is 0 Å². The number of aliphatic hydroxyl groups is 1. The van der Waals surface area contributed by atoms with Gasteiger partial charge in [-0.15, -0.1) is 0 Å². The van der Waals surface area contributed by atoms with Crippen LogP contribution in [0.25, 0.3) is 0 Å². The minimum atomic E-state index is -1.29. The van der Waals surface area contributed by atoms with Crippen LogP contribution in [0.4, 0.5) is 11.4 Å². The number of carbonyl (C=O) groups is 1. The van der Waals surface area contributed by atoms with Crippen molar-refractivity contribution < 1.29 is 9.90 Å². The van der Waals surface area contributed by atoms with Crippen LogP contribution in [0, 0.1) is 0 Å².